The Labute approximate surface area is 122 Å². The molecule has 1 aromatic carbocycles. The van der Waals surface area contributed by atoms with E-state index in [1.54, 1.807) is 18.3 Å². The van der Waals surface area contributed by atoms with Gasteiger partial charge in [0.25, 0.3) is 0 Å². The second kappa shape index (κ2) is 6.37. The fourth-order valence-electron chi connectivity index (χ4n) is 2.11. The number of carbonyl (C=O) groups excluding carboxylic acids is 1. The molecule has 0 spiro atoms. The summed E-state index contributed by atoms with van der Waals surface area (Å²) >= 11 is 0. The number of ether oxygens (including phenoxy) is 2. The second-order valence-electron chi connectivity index (χ2n) is 4.85. The van der Waals surface area contributed by atoms with Crippen molar-refractivity contribution in [2.75, 3.05) is 18.5 Å². The topological polar surface area (TPSA) is 60.5 Å². The molecule has 108 valence electrons. The van der Waals surface area contributed by atoms with E-state index < -0.39 is 0 Å². The Balaban J connectivity index is 1.60. The van der Waals surface area contributed by atoms with Crippen molar-refractivity contribution in [1.82, 2.24) is 4.98 Å². The largest absolute Gasteiger partial charge is 0.439 e. The molecule has 2 heterocycles. The van der Waals surface area contributed by atoms with E-state index >= 15 is 0 Å². The van der Waals surface area contributed by atoms with Gasteiger partial charge in [-0.25, -0.2) is 4.98 Å². The van der Waals surface area contributed by atoms with Gasteiger partial charge < -0.3 is 14.8 Å². The minimum Gasteiger partial charge on any atom is -0.439 e. The van der Waals surface area contributed by atoms with Crippen LogP contribution in [0.3, 0.4) is 0 Å². The number of benzene rings is 1. The fraction of sp³-hybridized carbons (Fsp3) is 0.250. The highest BCUT2D eigenvalue weighted by molar-refractivity contribution is 5.92. The average molecular weight is 284 g/mol. The third-order valence-corrected chi connectivity index (χ3v) is 3.27. The van der Waals surface area contributed by atoms with E-state index in [0.717, 1.165) is 12.2 Å². The summed E-state index contributed by atoms with van der Waals surface area (Å²) in [6, 6.07) is 12.9. The number of amides is 1. The number of aromatic nitrogens is 1. The summed E-state index contributed by atoms with van der Waals surface area (Å²) in [4.78, 5) is 16.1. The molecule has 2 aromatic rings. The predicted octanol–water partition coefficient (Wildman–Crippen LogP) is 2.85. The summed E-state index contributed by atoms with van der Waals surface area (Å²) in [7, 11) is 0. The molecule has 1 saturated heterocycles. The first-order valence-corrected chi connectivity index (χ1v) is 6.89. The number of carbonyl (C=O) groups is 1. The predicted molar refractivity (Wildman–Crippen MR) is 78.3 cm³/mol. The number of hydrogen-bond donors (Lipinski definition) is 1. The van der Waals surface area contributed by atoms with Crippen LogP contribution in [0.4, 0.5) is 5.69 Å². The first kappa shape index (κ1) is 13.6. The van der Waals surface area contributed by atoms with E-state index in [1.807, 2.05) is 30.3 Å². The molecule has 1 N–H and O–H groups in total. The first-order valence-electron chi connectivity index (χ1n) is 6.89. The summed E-state index contributed by atoms with van der Waals surface area (Å²) < 4.78 is 10.8. The van der Waals surface area contributed by atoms with Crippen molar-refractivity contribution in [3.05, 3.63) is 48.7 Å². The van der Waals surface area contributed by atoms with Gasteiger partial charge in [-0.3, -0.25) is 4.79 Å². The van der Waals surface area contributed by atoms with E-state index in [0.29, 0.717) is 24.8 Å². The normalized spacial score (nSPS) is 17.4. The van der Waals surface area contributed by atoms with Crippen LogP contribution in [-0.2, 0) is 9.53 Å². The van der Waals surface area contributed by atoms with Crippen molar-refractivity contribution >= 4 is 11.6 Å². The molecule has 1 atom stereocenters. The zero-order valence-electron chi connectivity index (χ0n) is 11.5. The Morgan fingerprint density at radius 3 is 2.76 bits per heavy atom. The Morgan fingerprint density at radius 2 is 2.10 bits per heavy atom. The number of anilines is 1. The molecule has 0 saturated carbocycles. The number of rotatable bonds is 4. The van der Waals surface area contributed by atoms with Gasteiger partial charge in [0, 0.05) is 12.7 Å². The fourth-order valence-corrected chi connectivity index (χ4v) is 2.11. The molecule has 0 aliphatic carbocycles. The van der Waals surface area contributed by atoms with Gasteiger partial charge in [-0.05, 0) is 24.6 Å². The smallest absolute Gasteiger partial charge is 0.229 e. The van der Waals surface area contributed by atoms with Crippen LogP contribution in [-0.4, -0.2) is 24.1 Å². The van der Waals surface area contributed by atoms with Crippen molar-refractivity contribution in [3.63, 3.8) is 0 Å². The lowest BCUT2D eigenvalue weighted by atomic mass is 10.1. The van der Waals surface area contributed by atoms with E-state index in [4.69, 9.17) is 9.47 Å². The zero-order chi connectivity index (χ0) is 14.5. The first-order chi connectivity index (χ1) is 10.3. The molecule has 0 bridgehead atoms. The third-order valence-electron chi connectivity index (χ3n) is 3.27. The van der Waals surface area contributed by atoms with Crippen molar-refractivity contribution in [1.29, 1.82) is 0 Å². The van der Waals surface area contributed by atoms with Gasteiger partial charge in [0.1, 0.15) is 5.75 Å². The maximum atomic E-state index is 11.9. The van der Waals surface area contributed by atoms with Crippen LogP contribution in [0.15, 0.2) is 48.7 Å². The van der Waals surface area contributed by atoms with Gasteiger partial charge >= 0.3 is 0 Å². The van der Waals surface area contributed by atoms with E-state index in [2.05, 4.69) is 10.3 Å². The molecule has 5 nitrogen and oxygen atoms in total. The molecule has 1 aliphatic heterocycles. The van der Waals surface area contributed by atoms with E-state index in [-0.39, 0.29) is 11.8 Å². The van der Waals surface area contributed by atoms with Crippen LogP contribution >= 0.6 is 0 Å². The van der Waals surface area contributed by atoms with Crippen molar-refractivity contribution in [2.45, 2.75) is 6.42 Å². The van der Waals surface area contributed by atoms with E-state index in [9.17, 15) is 4.79 Å². The van der Waals surface area contributed by atoms with Crippen molar-refractivity contribution < 1.29 is 14.3 Å². The molecular weight excluding hydrogens is 268 g/mol. The van der Waals surface area contributed by atoms with Crippen molar-refractivity contribution in [2.24, 2.45) is 5.92 Å². The van der Waals surface area contributed by atoms with E-state index in [1.165, 1.54) is 0 Å². The number of pyridine rings is 1. The molecule has 1 aliphatic rings. The highest BCUT2D eigenvalue weighted by Gasteiger charge is 2.23. The van der Waals surface area contributed by atoms with Gasteiger partial charge in [-0.2, -0.15) is 0 Å². The third kappa shape index (κ3) is 3.58. The molecule has 1 aromatic heterocycles. The minimum absolute atomic E-state index is 0.0222. The summed E-state index contributed by atoms with van der Waals surface area (Å²) in [6.07, 6.45) is 2.36. The molecule has 5 heteroatoms. The lowest BCUT2D eigenvalue weighted by Gasteiger charge is -2.09. The van der Waals surface area contributed by atoms with Crippen LogP contribution in [0.2, 0.25) is 0 Å². The highest BCUT2D eigenvalue weighted by atomic mass is 16.5. The molecule has 1 fully saturated rings. The maximum Gasteiger partial charge on any atom is 0.229 e. The van der Waals surface area contributed by atoms with Gasteiger partial charge in [-0.15, -0.1) is 0 Å². The standard InChI is InChI=1S/C16H16N2O3/c19-16(12-8-9-20-11-12)18-13-6-7-15(17-10-13)21-14-4-2-1-3-5-14/h1-7,10,12H,8-9,11H2,(H,18,19). The number of nitrogens with one attached hydrogen (secondary N) is 1. The van der Waals surface area contributed by atoms with Gasteiger partial charge in [0.2, 0.25) is 11.8 Å². The molecule has 1 amide bonds. The average Bonchev–Trinajstić information content (AvgIpc) is 3.05. The number of hydrogen-bond acceptors (Lipinski definition) is 4. The Bertz CT molecular complexity index is 593. The van der Waals surface area contributed by atoms with Crippen LogP contribution in [0.25, 0.3) is 0 Å². The number of nitrogens with zero attached hydrogens (tertiary/aromatic N) is 1. The molecular formula is C16H16N2O3. The molecule has 1 unspecified atom stereocenters. The Morgan fingerprint density at radius 1 is 1.24 bits per heavy atom. The summed E-state index contributed by atoms with van der Waals surface area (Å²) in [5.41, 5.74) is 0.660. The number of para-hydroxylation sites is 1. The van der Waals surface area contributed by atoms with Crippen LogP contribution in [0, 0.1) is 5.92 Å². The Kier molecular flexibility index (Phi) is 4.12. The summed E-state index contributed by atoms with van der Waals surface area (Å²) in [5, 5.41) is 2.84. The molecule has 0 radical (unpaired) electrons. The Hall–Kier alpha value is -2.40. The van der Waals surface area contributed by atoms with Crippen molar-refractivity contribution in [3.8, 4) is 11.6 Å². The SMILES string of the molecule is O=C(Nc1ccc(Oc2ccccc2)nc1)C1CCOC1. The molecule has 21 heavy (non-hydrogen) atoms. The van der Waals surface area contributed by atoms with Gasteiger partial charge in [-0.1, -0.05) is 18.2 Å². The highest BCUT2D eigenvalue weighted by Crippen LogP contribution is 2.20. The van der Waals surface area contributed by atoms with Gasteiger partial charge in [0.05, 0.1) is 24.4 Å². The molecule has 3 rings (SSSR count). The minimum atomic E-state index is -0.0646. The monoisotopic (exact) mass is 284 g/mol. The summed E-state index contributed by atoms with van der Waals surface area (Å²) in [5.74, 6) is 1.13. The van der Waals surface area contributed by atoms with Crippen LogP contribution in [0.1, 0.15) is 6.42 Å². The second-order valence-corrected chi connectivity index (χ2v) is 4.85. The maximum absolute atomic E-state index is 11.9. The van der Waals surface area contributed by atoms with Crippen LogP contribution in [0.5, 0.6) is 11.6 Å². The summed E-state index contributed by atoms with van der Waals surface area (Å²) in [6.45, 7) is 1.15. The quantitative estimate of drug-likeness (QED) is 0.937. The lowest BCUT2D eigenvalue weighted by Crippen LogP contribution is -2.22. The van der Waals surface area contributed by atoms with Gasteiger partial charge in [0.15, 0.2) is 0 Å². The zero-order valence-corrected chi connectivity index (χ0v) is 11.5. The van der Waals surface area contributed by atoms with Crippen LogP contribution < -0.4 is 10.1 Å². The lowest BCUT2D eigenvalue weighted by molar-refractivity contribution is -0.119.